The summed E-state index contributed by atoms with van der Waals surface area (Å²) in [5.74, 6) is -5.15. The average Bonchev–Trinajstić information content (AvgIpc) is 3.39. The van der Waals surface area contributed by atoms with Crippen LogP contribution >= 0.6 is 0 Å². The number of hydrogen-bond donors (Lipinski definition) is 3. The summed E-state index contributed by atoms with van der Waals surface area (Å²) in [5.41, 5.74) is 2.90. The topological polar surface area (TPSA) is 104 Å². The quantitative estimate of drug-likeness (QED) is 0.551. The Bertz CT molecular complexity index is 942. The Hall–Kier alpha value is -3.16. The van der Waals surface area contributed by atoms with Crippen molar-refractivity contribution >= 4 is 11.9 Å². The fraction of sp³-hybridized carbons (Fsp3) is 0.389. The van der Waals surface area contributed by atoms with Crippen LogP contribution in [0.15, 0.2) is 30.7 Å². The highest BCUT2D eigenvalue weighted by molar-refractivity contribution is 5.73. The van der Waals surface area contributed by atoms with Crippen LogP contribution in [-0.2, 0) is 9.59 Å². The summed E-state index contributed by atoms with van der Waals surface area (Å²) in [5, 5.41) is 17.6. The highest BCUT2D eigenvalue weighted by atomic mass is 19.4. The summed E-state index contributed by atoms with van der Waals surface area (Å²) in [7, 11) is 0. The fourth-order valence-electron chi connectivity index (χ4n) is 3.34. The minimum Gasteiger partial charge on any atom is -0.475 e. The number of carbonyl (C=O) groups is 2. The van der Waals surface area contributed by atoms with Gasteiger partial charge in [0.25, 0.3) is 0 Å². The van der Waals surface area contributed by atoms with Crippen molar-refractivity contribution in [3.63, 3.8) is 0 Å². The fourth-order valence-corrected chi connectivity index (χ4v) is 3.34. The molecule has 3 N–H and O–H groups in total. The van der Waals surface area contributed by atoms with Crippen molar-refractivity contribution in [2.24, 2.45) is 5.92 Å². The third kappa shape index (κ3) is 5.75. The predicted octanol–water partition coefficient (Wildman–Crippen LogP) is 3.47. The van der Waals surface area contributed by atoms with Gasteiger partial charge in [0, 0.05) is 17.7 Å². The summed E-state index contributed by atoms with van der Waals surface area (Å²) in [6.45, 7) is 1.98. The molecule has 2 atom stereocenters. The van der Waals surface area contributed by atoms with Crippen molar-refractivity contribution in [2.45, 2.75) is 24.8 Å². The summed E-state index contributed by atoms with van der Waals surface area (Å²) >= 11 is 0. The van der Waals surface area contributed by atoms with Gasteiger partial charge in [-0.1, -0.05) is 12.1 Å². The molecule has 32 heavy (non-hydrogen) atoms. The van der Waals surface area contributed by atoms with E-state index in [4.69, 9.17) is 19.8 Å². The van der Waals surface area contributed by atoms with Gasteiger partial charge in [-0.15, -0.1) is 0 Å². The van der Waals surface area contributed by atoms with Crippen LogP contribution in [0.4, 0.5) is 30.7 Å². The highest BCUT2D eigenvalue weighted by Crippen LogP contribution is 2.45. The molecule has 2 aromatic rings. The van der Waals surface area contributed by atoms with Crippen LogP contribution in [-0.4, -0.2) is 57.1 Å². The lowest BCUT2D eigenvalue weighted by Crippen LogP contribution is -2.21. The molecule has 2 aliphatic heterocycles. The molecule has 0 aliphatic carbocycles. The number of aliphatic carboxylic acids is 2. The third-order valence-corrected chi connectivity index (χ3v) is 4.62. The Morgan fingerprint density at radius 3 is 2.09 bits per heavy atom. The maximum atomic E-state index is 14.2. The molecule has 0 bridgehead atoms. The number of aromatic nitrogens is 2. The second kappa shape index (κ2) is 9.54. The zero-order valence-electron chi connectivity index (χ0n) is 15.9. The standard InChI is InChI=1S/C14H14FN3.2C2HF3O2/c15-11-3-1-2-10-12-7-17-8-18(12)14(13(10)11)9-4-5-16-6-9;2*3-2(4,5)1(6)7/h1-3,7-9,14,16H,4-6H2;2*(H,6,7). The molecule has 176 valence electrons. The predicted molar refractivity (Wildman–Crippen MR) is 94.1 cm³/mol. The molecule has 2 unspecified atom stereocenters. The van der Waals surface area contributed by atoms with Gasteiger partial charge in [0.15, 0.2) is 0 Å². The minimum atomic E-state index is -5.08. The largest absolute Gasteiger partial charge is 0.490 e. The lowest BCUT2D eigenvalue weighted by molar-refractivity contribution is -0.193. The smallest absolute Gasteiger partial charge is 0.475 e. The van der Waals surface area contributed by atoms with Crippen molar-refractivity contribution in [3.05, 3.63) is 42.1 Å². The van der Waals surface area contributed by atoms with Crippen molar-refractivity contribution in [3.8, 4) is 11.3 Å². The number of halogens is 7. The number of nitrogens with one attached hydrogen (secondary N) is 1. The van der Waals surface area contributed by atoms with Crippen molar-refractivity contribution in [1.82, 2.24) is 14.9 Å². The van der Waals surface area contributed by atoms with Gasteiger partial charge >= 0.3 is 24.3 Å². The average molecular weight is 471 g/mol. The Morgan fingerprint density at radius 2 is 1.62 bits per heavy atom. The molecule has 1 fully saturated rings. The first-order valence-corrected chi connectivity index (χ1v) is 8.86. The number of fused-ring (bicyclic) bond motifs is 3. The number of alkyl halides is 6. The molecule has 0 saturated carbocycles. The van der Waals surface area contributed by atoms with Crippen LogP contribution in [0.2, 0.25) is 0 Å². The number of carboxylic acid groups (broad SMARTS) is 2. The number of benzene rings is 1. The van der Waals surface area contributed by atoms with E-state index in [2.05, 4.69) is 14.9 Å². The second-order valence-electron chi connectivity index (χ2n) is 6.69. The molecule has 3 heterocycles. The van der Waals surface area contributed by atoms with Gasteiger partial charge in [0.1, 0.15) is 5.82 Å². The van der Waals surface area contributed by atoms with E-state index < -0.39 is 24.3 Å². The van der Waals surface area contributed by atoms with Crippen molar-refractivity contribution in [2.75, 3.05) is 13.1 Å². The van der Waals surface area contributed by atoms with E-state index in [1.165, 1.54) is 0 Å². The molecular weight excluding hydrogens is 455 g/mol. The minimum absolute atomic E-state index is 0.0897. The van der Waals surface area contributed by atoms with E-state index >= 15 is 0 Å². The number of rotatable bonds is 1. The van der Waals surface area contributed by atoms with E-state index in [1.807, 2.05) is 18.6 Å². The van der Waals surface area contributed by atoms with Gasteiger partial charge < -0.3 is 20.1 Å². The number of nitrogens with zero attached hydrogens (tertiary/aromatic N) is 2. The van der Waals surface area contributed by atoms with Crippen LogP contribution in [0.1, 0.15) is 18.0 Å². The summed E-state index contributed by atoms with van der Waals surface area (Å²) in [4.78, 5) is 22.0. The zero-order valence-corrected chi connectivity index (χ0v) is 15.9. The molecule has 4 rings (SSSR count). The molecule has 1 aromatic carbocycles. The van der Waals surface area contributed by atoms with E-state index in [1.54, 1.807) is 12.1 Å². The maximum Gasteiger partial charge on any atom is 0.490 e. The SMILES string of the molecule is Fc1cccc2c1C(C1CCNC1)n1cncc1-2.O=C(O)C(F)(F)F.O=C(O)C(F)(F)F. The summed E-state index contributed by atoms with van der Waals surface area (Å²) < 4.78 is 79.8. The van der Waals surface area contributed by atoms with Crippen molar-refractivity contribution in [1.29, 1.82) is 0 Å². The molecule has 2 aliphatic rings. The van der Waals surface area contributed by atoms with Gasteiger partial charge in [-0.25, -0.2) is 19.0 Å². The van der Waals surface area contributed by atoms with Crippen LogP contribution in [0, 0.1) is 11.7 Å². The Morgan fingerprint density at radius 1 is 1.06 bits per heavy atom. The molecule has 1 saturated heterocycles. The van der Waals surface area contributed by atoms with Crippen LogP contribution in [0.25, 0.3) is 11.3 Å². The third-order valence-electron chi connectivity index (χ3n) is 4.62. The molecule has 0 radical (unpaired) electrons. The van der Waals surface area contributed by atoms with E-state index in [0.717, 1.165) is 36.3 Å². The Labute approximate surface area is 175 Å². The summed E-state index contributed by atoms with van der Waals surface area (Å²) in [6, 6.07) is 5.44. The van der Waals surface area contributed by atoms with Gasteiger partial charge in [0.05, 0.1) is 24.3 Å². The van der Waals surface area contributed by atoms with Crippen LogP contribution < -0.4 is 5.32 Å². The van der Waals surface area contributed by atoms with E-state index in [-0.39, 0.29) is 11.9 Å². The van der Waals surface area contributed by atoms with E-state index in [0.29, 0.717) is 5.92 Å². The van der Waals surface area contributed by atoms with Gasteiger partial charge in [-0.2, -0.15) is 26.3 Å². The Kier molecular flexibility index (Phi) is 7.49. The van der Waals surface area contributed by atoms with Crippen LogP contribution in [0.5, 0.6) is 0 Å². The zero-order chi connectivity index (χ0) is 24.3. The maximum absolute atomic E-state index is 14.2. The second-order valence-corrected chi connectivity index (χ2v) is 6.69. The van der Waals surface area contributed by atoms with E-state index in [9.17, 15) is 30.7 Å². The monoisotopic (exact) mass is 471 g/mol. The molecule has 0 amide bonds. The van der Waals surface area contributed by atoms with Gasteiger partial charge in [-0.3, -0.25) is 0 Å². The van der Waals surface area contributed by atoms with Gasteiger partial charge in [-0.05, 0) is 24.9 Å². The number of imidazole rings is 1. The lowest BCUT2D eigenvalue weighted by atomic mass is 9.91. The molecule has 1 aromatic heterocycles. The molecule has 0 spiro atoms. The first kappa shape index (κ1) is 25.1. The van der Waals surface area contributed by atoms with Crippen molar-refractivity contribution < 1.29 is 50.5 Å². The van der Waals surface area contributed by atoms with Gasteiger partial charge in [0.2, 0.25) is 0 Å². The molecule has 7 nitrogen and oxygen atoms in total. The van der Waals surface area contributed by atoms with Crippen LogP contribution in [0.3, 0.4) is 0 Å². The number of carboxylic acids is 2. The highest BCUT2D eigenvalue weighted by Gasteiger charge is 2.39. The Balaban J connectivity index is 0.000000218. The molecule has 14 heteroatoms. The number of hydrogen-bond acceptors (Lipinski definition) is 4. The first-order chi connectivity index (χ1) is 14.7. The molecular formula is C18H16F7N3O4. The lowest BCUT2D eigenvalue weighted by Gasteiger charge is -2.21. The normalized spacial score (nSPS) is 19.1. The first-order valence-electron chi connectivity index (χ1n) is 8.86. The summed E-state index contributed by atoms with van der Waals surface area (Å²) in [6.07, 6.45) is -5.41.